The molecule has 0 N–H and O–H groups in total. The van der Waals surface area contributed by atoms with E-state index in [4.69, 9.17) is 23.2 Å². The van der Waals surface area contributed by atoms with Crippen molar-refractivity contribution in [2.45, 2.75) is 0 Å². The van der Waals surface area contributed by atoms with E-state index in [2.05, 4.69) is 20.4 Å². The van der Waals surface area contributed by atoms with Crippen LogP contribution in [0, 0.1) is 0 Å². The van der Waals surface area contributed by atoms with Crippen molar-refractivity contribution in [3.05, 3.63) is 78.0 Å². The van der Waals surface area contributed by atoms with E-state index < -0.39 is 0 Å². The zero-order valence-electron chi connectivity index (χ0n) is 10.1. The number of hydrogen-bond donors (Lipinski definition) is 0. The van der Waals surface area contributed by atoms with Crippen LogP contribution in [0.1, 0.15) is 11.1 Å². The molecule has 0 aromatic heterocycles. The standard InChI is InChI=1S/C16H12Cl2Te/c17-15-5-1-13(2-6-15)9-11-19-12-10-14-3-7-16(18)8-4-14/h1-12H/b11-9+,12-10+. The molecule has 19 heavy (non-hydrogen) atoms. The third-order valence-corrected chi connectivity index (χ3v) is 4.60. The normalized spacial score (nSPS) is 11.5. The van der Waals surface area contributed by atoms with Crippen molar-refractivity contribution in [2.75, 3.05) is 0 Å². The average molecular weight is 403 g/mol. The number of benzene rings is 2. The van der Waals surface area contributed by atoms with Crippen molar-refractivity contribution in [2.24, 2.45) is 0 Å². The Hall–Kier alpha value is -0.710. The predicted molar refractivity (Wildman–Crippen MR) is 86.7 cm³/mol. The fraction of sp³-hybridized carbons (Fsp3) is 0. The Labute approximate surface area is 133 Å². The van der Waals surface area contributed by atoms with Gasteiger partial charge in [0, 0.05) is 0 Å². The van der Waals surface area contributed by atoms with Crippen molar-refractivity contribution >= 4 is 56.3 Å². The molecule has 0 spiro atoms. The van der Waals surface area contributed by atoms with Crippen LogP contribution in [0.5, 0.6) is 0 Å². The van der Waals surface area contributed by atoms with E-state index in [0.717, 1.165) is 10.0 Å². The summed E-state index contributed by atoms with van der Waals surface area (Å²) in [5.74, 6) is 0. The fourth-order valence-corrected chi connectivity index (χ4v) is 3.29. The van der Waals surface area contributed by atoms with Crippen LogP contribution in [-0.2, 0) is 0 Å². The summed E-state index contributed by atoms with van der Waals surface area (Å²) in [6, 6.07) is 15.7. The Balaban J connectivity index is 1.86. The van der Waals surface area contributed by atoms with Gasteiger partial charge in [0.15, 0.2) is 0 Å². The van der Waals surface area contributed by atoms with Crippen LogP contribution >= 0.6 is 23.2 Å². The molecule has 0 radical (unpaired) electrons. The van der Waals surface area contributed by atoms with E-state index in [1.54, 1.807) is 0 Å². The molecular formula is C16H12Cl2Te. The first kappa shape index (κ1) is 14.7. The Morgan fingerprint density at radius 1 is 0.632 bits per heavy atom. The maximum atomic E-state index is 5.84. The van der Waals surface area contributed by atoms with Gasteiger partial charge in [0.2, 0.25) is 0 Å². The van der Waals surface area contributed by atoms with Crippen LogP contribution in [0.4, 0.5) is 0 Å². The summed E-state index contributed by atoms with van der Waals surface area (Å²) in [6.07, 6.45) is 4.29. The zero-order chi connectivity index (χ0) is 13.5. The Kier molecular flexibility index (Phi) is 6.01. The second kappa shape index (κ2) is 7.78. The first-order valence-electron chi connectivity index (χ1n) is 5.74. The molecule has 0 nitrogen and oxygen atoms in total. The number of hydrogen-bond acceptors (Lipinski definition) is 0. The molecule has 96 valence electrons. The zero-order valence-corrected chi connectivity index (χ0v) is 13.9. The molecule has 0 amide bonds. The third-order valence-electron chi connectivity index (χ3n) is 2.42. The van der Waals surface area contributed by atoms with E-state index in [-0.39, 0.29) is 20.9 Å². The predicted octanol–water partition coefficient (Wildman–Crippen LogP) is 5.34. The van der Waals surface area contributed by atoms with Crippen molar-refractivity contribution in [3.8, 4) is 0 Å². The molecule has 0 aliphatic carbocycles. The summed E-state index contributed by atoms with van der Waals surface area (Å²) in [5, 5.41) is 1.55. The molecule has 2 aromatic rings. The van der Waals surface area contributed by atoms with Gasteiger partial charge in [-0.3, -0.25) is 0 Å². The van der Waals surface area contributed by atoms with Crippen LogP contribution in [0.2, 0.25) is 10.0 Å². The second-order valence-electron chi connectivity index (χ2n) is 3.84. The van der Waals surface area contributed by atoms with Gasteiger partial charge in [0.05, 0.1) is 0 Å². The summed E-state index contributed by atoms with van der Waals surface area (Å²) < 4.78 is 4.50. The summed E-state index contributed by atoms with van der Waals surface area (Å²) >= 11 is 11.4. The topological polar surface area (TPSA) is 0 Å². The molecule has 0 atom stereocenters. The van der Waals surface area contributed by atoms with Crippen molar-refractivity contribution in [3.63, 3.8) is 0 Å². The Bertz CT molecular complexity index is 515. The molecule has 2 aromatic carbocycles. The van der Waals surface area contributed by atoms with E-state index >= 15 is 0 Å². The monoisotopic (exact) mass is 404 g/mol. The molecular weight excluding hydrogens is 391 g/mol. The van der Waals surface area contributed by atoms with Gasteiger partial charge in [0.1, 0.15) is 0 Å². The first-order valence-corrected chi connectivity index (χ1v) is 9.18. The van der Waals surface area contributed by atoms with Crippen molar-refractivity contribution in [1.82, 2.24) is 0 Å². The van der Waals surface area contributed by atoms with E-state index in [0.29, 0.717) is 0 Å². The molecule has 0 bridgehead atoms. The van der Waals surface area contributed by atoms with Crippen LogP contribution in [0.3, 0.4) is 0 Å². The van der Waals surface area contributed by atoms with Gasteiger partial charge in [0.25, 0.3) is 0 Å². The van der Waals surface area contributed by atoms with Gasteiger partial charge in [-0.05, 0) is 0 Å². The van der Waals surface area contributed by atoms with Gasteiger partial charge in [-0.1, -0.05) is 0 Å². The number of rotatable bonds is 4. The molecule has 0 aliphatic heterocycles. The molecule has 0 heterocycles. The SMILES string of the molecule is Clc1ccc(/C=C/[Te]/C=C/c2ccc(Cl)cc2)cc1. The van der Waals surface area contributed by atoms with Gasteiger partial charge in [-0.2, -0.15) is 0 Å². The van der Waals surface area contributed by atoms with Crippen LogP contribution in [-0.4, -0.2) is 20.9 Å². The Morgan fingerprint density at radius 3 is 1.37 bits per heavy atom. The van der Waals surface area contributed by atoms with Gasteiger partial charge in [-0.25, -0.2) is 0 Å². The van der Waals surface area contributed by atoms with E-state index in [1.807, 2.05) is 48.5 Å². The third kappa shape index (κ3) is 5.43. The summed E-state index contributed by atoms with van der Waals surface area (Å²) in [6.45, 7) is 0. The average Bonchev–Trinajstić information content (AvgIpc) is 2.43. The molecule has 0 unspecified atom stereocenters. The minimum absolute atomic E-state index is 0.245. The van der Waals surface area contributed by atoms with Crippen LogP contribution in [0.15, 0.2) is 56.8 Å². The van der Waals surface area contributed by atoms with Gasteiger partial charge in [-0.15, -0.1) is 0 Å². The molecule has 0 fully saturated rings. The van der Waals surface area contributed by atoms with E-state index in [9.17, 15) is 0 Å². The van der Waals surface area contributed by atoms with E-state index in [1.165, 1.54) is 11.1 Å². The number of halogens is 2. The van der Waals surface area contributed by atoms with Gasteiger partial charge < -0.3 is 0 Å². The van der Waals surface area contributed by atoms with Crippen LogP contribution in [0.25, 0.3) is 12.2 Å². The van der Waals surface area contributed by atoms with Crippen molar-refractivity contribution < 1.29 is 0 Å². The van der Waals surface area contributed by atoms with Gasteiger partial charge >= 0.3 is 134 Å². The minimum atomic E-state index is -0.245. The molecule has 0 saturated carbocycles. The molecule has 0 aliphatic rings. The maximum absolute atomic E-state index is 5.84. The first-order chi connectivity index (χ1) is 9.24. The quantitative estimate of drug-likeness (QED) is 0.606. The van der Waals surface area contributed by atoms with Crippen LogP contribution < -0.4 is 0 Å². The fourth-order valence-electron chi connectivity index (χ4n) is 1.43. The molecule has 0 saturated heterocycles. The molecule has 2 rings (SSSR count). The Morgan fingerprint density at radius 2 is 1.00 bits per heavy atom. The summed E-state index contributed by atoms with van der Waals surface area (Å²) in [7, 11) is 0. The van der Waals surface area contributed by atoms with Crippen molar-refractivity contribution in [1.29, 1.82) is 0 Å². The summed E-state index contributed by atoms with van der Waals surface area (Å²) in [5.41, 5.74) is 2.38. The second-order valence-corrected chi connectivity index (χ2v) is 7.05. The molecule has 3 heteroatoms. The summed E-state index contributed by atoms with van der Waals surface area (Å²) in [4.78, 5) is 0.